The fourth-order valence-corrected chi connectivity index (χ4v) is 3.89. The first-order chi connectivity index (χ1) is 15.1. The minimum Gasteiger partial charge on any atom is -0.507 e. The van der Waals surface area contributed by atoms with Gasteiger partial charge in [-0.1, -0.05) is 35.3 Å². The Morgan fingerprint density at radius 3 is 2.47 bits per heavy atom. The van der Waals surface area contributed by atoms with Gasteiger partial charge in [-0.15, -0.1) is 0 Å². The third kappa shape index (κ3) is 5.09. The summed E-state index contributed by atoms with van der Waals surface area (Å²) in [5.41, 5.74) is 0.987. The predicted octanol–water partition coefficient (Wildman–Crippen LogP) is 4.76. The van der Waals surface area contributed by atoms with Crippen molar-refractivity contribution in [1.29, 1.82) is 0 Å². The highest BCUT2D eigenvalue weighted by Crippen LogP contribution is 2.40. The number of rotatable bonds is 7. The molecule has 1 N–H and O–H groups in total. The van der Waals surface area contributed by atoms with Crippen LogP contribution >= 0.6 is 23.2 Å². The molecule has 3 rings (SSSR count). The number of carbonyl (C=O) groups excluding carboxylic acids is 2. The summed E-state index contributed by atoms with van der Waals surface area (Å²) in [5.74, 6) is -1.08. The lowest BCUT2D eigenvalue weighted by atomic mass is 9.95. The van der Waals surface area contributed by atoms with Gasteiger partial charge in [-0.05, 0) is 63.8 Å². The molecule has 8 heteroatoms. The number of hydrogen-bond donors (Lipinski definition) is 1. The fourth-order valence-electron chi connectivity index (χ4n) is 3.59. The molecule has 0 bridgehead atoms. The number of likely N-dealkylation sites (tertiary alicyclic amines) is 1. The van der Waals surface area contributed by atoms with Gasteiger partial charge in [0.2, 0.25) is 0 Å². The monoisotopic (exact) mass is 476 g/mol. The number of ether oxygens (including phenoxy) is 1. The second kappa shape index (κ2) is 9.94. The standard InChI is InChI=1S/C24H26Cl2N2O4/c1-14(2)32-17-7-5-6-15(12-17)21-20(22(29)16-8-9-18(25)19(26)13-16)23(30)24(31)28(21)11-10-27(3)4/h5-9,12-14,21,29H,10-11H2,1-4H3/b22-20-. The Morgan fingerprint density at radius 1 is 1.12 bits per heavy atom. The molecule has 170 valence electrons. The van der Waals surface area contributed by atoms with Crippen LogP contribution in [0.3, 0.4) is 0 Å². The first-order valence-electron chi connectivity index (χ1n) is 10.2. The first-order valence-corrected chi connectivity index (χ1v) is 11.0. The molecule has 2 aromatic rings. The summed E-state index contributed by atoms with van der Waals surface area (Å²) < 4.78 is 5.80. The first kappa shape index (κ1) is 24.1. The van der Waals surface area contributed by atoms with Crippen LogP contribution in [0.2, 0.25) is 10.0 Å². The number of carbonyl (C=O) groups is 2. The third-order valence-corrected chi connectivity index (χ3v) is 5.81. The number of nitrogens with zero attached hydrogens (tertiary/aromatic N) is 2. The van der Waals surface area contributed by atoms with E-state index in [4.69, 9.17) is 27.9 Å². The van der Waals surface area contributed by atoms with Gasteiger partial charge in [0.25, 0.3) is 11.7 Å². The van der Waals surface area contributed by atoms with Gasteiger partial charge in [-0.3, -0.25) is 9.59 Å². The highest BCUT2D eigenvalue weighted by Gasteiger charge is 2.46. The second-order valence-electron chi connectivity index (χ2n) is 8.16. The van der Waals surface area contributed by atoms with Gasteiger partial charge < -0.3 is 19.6 Å². The Labute approximate surface area is 198 Å². The summed E-state index contributed by atoms with van der Waals surface area (Å²) >= 11 is 12.1. The minimum atomic E-state index is -0.764. The summed E-state index contributed by atoms with van der Waals surface area (Å²) in [5, 5.41) is 11.7. The van der Waals surface area contributed by atoms with Gasteiger partial charge >= 0.3 is 0 Å². The minimum absolute atomic E-state index is 0.00819. The Hall–Kier alpha value is -2.54. The number of Topliss-reactive ketones (excluding diaryl/α,β-unsaturated/α-hetero) is 1. The number of aliphatic hydroxyl groups is 1. The average Bonchev–Trinajstić information content (AvgIpc) is 2.98. The number of hydrogen-bond acceptors (Lipinski definition) is 5. The van der Waals surface area contributed by atoms with Crippen LogP contribution in [0.5, 0.6) is 5.75 Å². The maximum absolute atomic E-state index is 13.1. The van der Waals surface area contributed by atoms with Crippen LogP contribution < -0.4 is 4.74 Å². The lowest BCUT2D eigenvalue weighted by Crippen LogP contribution is -2.35. The molecule has 32 heavy (non-hydrogen) atoms. The van der Waals surface area contributed by atoms with E-state index < -0.39 is 17.7 Å². The molecule has 1 amide bonds. The van der Waals surface area contributed by atoms with Crippen molar-refractivity contribution in [2.75, 3.05) is 27.2 Å². The van der Waals surface area contributed by atoms with Crippen molar-refractivity contribution in [3.05, 3.63) is 69.2 Å². The van der Waals surface area contributed by atoms with Crippen molar-refractivity contribution in [2.24, 2.45) is 0 Å². The molecule has 0 radical (unpaired) electrons. The molecule has 1 fully saturated rings. The summed E-state index contributed by atoms with van der Waals surface area (Å²) in [7, 11) is 3.77. The molecule has 0 aromatic heterocycles. The molecule has 1 saturated heterocycles. The predicted molar refractivity (Wildman–Crippen MR) is 126 cm³/mol. The topological polar surface area (TPSA) is 70.1 Å². The van der Waals surface area contributed by atoms with E-state index in [1.807, 2.05) is 45.0 Å². The van der Waals surface area contributed by atoms with Gasteiger partial charge in [0.1, 0.15) is 11.5 Å². The Bertz CT molecular complexity index is 1070. The van der Waals surface area contributed by atoms with Gasteiger partial charge in [-0.25, -0.2) is 0 Å². The average molecular weight is 477 g/mol. The maximum atomic E-state index is 13.1. The summed E-state index contributed by atoms with van der Waals surface area (Å²) in [4.78, 5) is 29.4. The van der Waals surface area contributed by atoms with E-state index in [2.05, 4.69) is 0 Å². The molecule has 1 aliphatic rings. The molecule has 6 nitrogen and oxygen atoms in total. The SMILES string of the molecule is CC(C)Oc1cccc(C2/C(=C(/O)c3ccc(Cl)c(Cl)c3)C(=O)C(=O)N2CCN(C)C)c1. The van der Waals surface area contributed by atoms with E-state index in [0.29, 0.717) is 35.0 Å². The van der Waals surface area contributed by atoms with E-state index in [0.717, 1.165) is 0 Å². The van der Waals surface area contributed by atoms with Crippen LogP contribution in [0.4, 0.5) is 0 Å². The van der Waals surface area contributed by atoms with Gasteiger partial charge in [0.05, 0.1) is 27.8 Å². The quantitative estimate of drug-likeness (QED) is 0.354. The van der Waals surface area contributed by atoms with E-state index in [1.54, 1.807) is 18.2 Å². The summed E-state index contributed by atoms with van der Waals surface area (Å²) in [6.07, 6.45) is -0.0402. The zero-order valence-electron chi connectivity index (χ0n) is 18.4. The van der Waals surface area contributed by atoms with E-state index in [-0.39, 0.29) is 22.5 Å². The number of halogens is 2. The third-order valence-electron chi connectivity index (χ3n) is 5.07. The van der Waals surface area contributed by atoms with Crippen LogP contribution in [0.15, 0.2) is 48.0 Å². The molecular weight excluding hydrogens is 451 g/mol. The molecule has 0 saturated carbocycles. The van der Waals surface area contributed by atoms with E-state index >= 15 is 0 Å². The van der Waals surface area contributed by atoms with Crippen LogP contribution in [-0.4, -0.2) is 59.9 Å². The van der Waals surface area contributed by atoms with Crippen molar-refractivity contribution >= 4 is 40.7 Å². The number of amides is 1. The van der Waals surface area contributed by atoms with Gasteiger partial charge in [0, 0.05) is 18.7 Å². The molecule has 1 atom stereocenters. The lowest BCUT2D eigenvalue weighted by Gasteiger charge is -2.27. The highest BCUT2D eigenvalue weighted by molar-refractivity contribution is 6.46. The van der Waals surface area contributed by atoms with Crippen molar-refractivity contribution in [3.8, 4) is 5.75 Å². The number of ketones is 1. The Balaban J connectivity index is 2.16. The zero-order chi connectivity index (χ0) is 23.6. The molecule has 1 heterocycles. The van der Waals surface area contributed by atoms with Gasteiger partial charge in [0.15, 0.2) is 0 Å². The summed E-state index contributed by atoms with van der Waals surface area (Å²) in [6.45, 7) is 4.70. The Kier molecular flexibility index (Phi) is 7.49. The van der Waals surface area contributed by atoms with Crippen molar-refractivity contribution in [1.82, 2.24) is 9.80 Å². The summed E-state index contributed by atoms with van der Waals surface area (Å²) in [6, 6.07) is 11.0. The van der Waals surface area contributed by atoms with E-state index in [1.165, 1.54) is 17.0 Å². The van der Waals surface area contributed by atoms with Crippen LogP contribution in [0, 0.1) is 0 Å². The number of likely N-dealkylation sites (N-methyl/N-ethyl adjacent to an activating group) is 1. The largest absolute Gasteiger partial charge is 0.507 e. The molecule has 1 unspecified atom stereocenters. The van der Waals surface area contributed by atoms with Crippen molar-refractivity contribution < 1.29 is 19.4 Å². The van der Waals surface area contributed by atoms with E-state index in [9.17, 15) is 14.7 Å². The Morgan fingerprint density at radius 2 is 1.84 bits per heavy atom. The fraction of sp³-hybridized carbons (Fsp3) is 0.333. The van der Waals surface area contributed by atoms with Crippen LogP contribution in [-0.2, 0) is 9.59 Å². The zero-order valence-corrected chi connectivity index (χ0v) is 19.9. The molecular formula is C24H26Cl2N2O4. The highest BCUT2D eigenvalue weighted by atomic mass is 35.5. The molecule has 1 aliphatic heterocycles. The van der Waals surface area contributed by atoms with Crippen molar-refractivity contribution in [2.45, 2.75) is 26.0 Å². The number of aliphatic hydroxyl groups excluding tert-OH is 1. The van der Waals surface area contributed by atoms with Gasteiger partial charge in [-0.2, -0.15) is 0 Å². The molecule has 0 aliphatic carbocycles. The number of benzene rings is 2. The molecule has 2 aromatic carbocycles. The smallest absolute Gasteiger partial charge is 0.295 e. The van der Waals surface area contributed by atoms with Crippen LogP contribution in [0.1, 0.15) is 31.0 Å². The van der Waals surface area contributed by atoms with Crippen LogP contribution in [0.25, 0.3) is 5.76 Å². The lowest BCUT2D eigenvalue weighted by molar-refractivity contribution is -0.140. The second-order valence-corrected chi connectivity index (χ2v) is 8.98. The normalized spacial score (nSPS) is 18.1. The maximum Gasteiger partial charge on any atom is 0.295 e. The molecule has 0 spiro atoms. The van der Waals surface area contributed by atoms with Crippen molar-refractivity contribution in [3.63, 3.8) is 0 Å².